The molecule has 0 fully saturated rings. The van der Waals surface area contributed by atoms with Crippen LogP contribution >= 0.6 is 0 Å². The highest BCUT2D eigenvalue weighted by atomic mass is 16.5. The van der Waals surface area contributed by atoms with Gasteiger partial charge in [-0.25, -0.2) is 0 Å². The van der Waals surface area contributed by atoms with Gasteiger partial charge in [-0.2, -0.15) is 0 Å². The smallest absolute Gasteiger partial charge is 0.313 e. The average molecular weight is 400 g/mol. The molecule has 2 aromatic heterocycles. The van der Waals surface area contributed by atoms with E-state index >= 15 is 0 Å². The average Bonchev–Trinajstić information content (AvgIpc) is 3.21. The standard InChI is InChI=1S/C24H24N4O2/c1-16(2)22(17-6-8-19(9-7-17)23-27-28-24(25)30-23)18-10-12-21(13-11-18)29-15-20-5-3-4-14-26-20/h3-14,16,22H,15H2,1-2H3,(H2,25,28). The molecule has 6 heteroatoms. The Bertz CT molecular complexity index is 1070. The predicted molar refractivity (Wildman–Crippen MR) is 116 cm³/mol. The van der Waals surface area contributed by atoms with E-state index in [1.54, 1.807) is 6.20 Å². The summed E-state index contributed by atoms with van der Waals surface area (Å²) in [6.07, 6.45) is 1.77. The molecular weight excluding hydrogens is 376 g/mol. The molecule has 6 nitrogen and oxygen atoms in total. The van der Waals surface area contributed by atoms with Crippen LogP contribution in [0, 0.1) is 5.92 Å². The molecule has 30 heavy (non-hydrogen) atoms. The number of nitrogen functional groups attached to an aromatic ring is 1. The second-order valence-corrected chi connectivity index (χ2v) is 7.47. The number of nitrogens with two attached hydrogens (primary N) is 1. The Morgan fingerprint density at radius 1 is 0.900 bits per heavy atom. The lowest BCUT2D eigenvalue weighted by Gasteiger charge is -2.22. The van der Waals surface area contributed by atoms with E-state index in [0.717, 1.165) is 17.0 Å². The third-order valence-corrected chi connectivity index (χ3v) is 4.98. The maximum atomic E-state index is 5.86. The zero-order chi connectivity index (χ0) is 20.9. The first-order valence-electron chi connectivity index (χ1n) is 9.92. The van der Waals surface area contributed by atoms with Gasteiger partial charge in [0.05, 0.1) is 5.69 Å². The van der Waals surface area contributed by atoms with Crippen LogP contribution in [-0.4, -0.2) is 15.2 Å². The molecule has 0 aliphatic carbocycles. The SMILES string of the molecule is CC(C)C(c1ccc(OCc2ccccn2)cc1)c1ccc(-c2nnc(N)o2)cc1. The van der Waals surface area contributed by atoms with E-state index in [0.29, 0.717) is 18.4 Å². The molecule has 0 amide bonds. The highest BCUT2D eigenvalue weighted by Gasteiger charge is 2.19. The van der Waals surface area contributed by atoms with Gasteiger partial charge in [0.1, 0.15) is 12.4 Å². The van der Waals surface area contributed by atoms with E-state index in [2.05, 4.69) is 53.3 Å². The molecule has 0 radical (unpaired) electrons. The number of hydrogen-bond acceptors (Lipinski definition) is 6. The molecule has 2 N–H and O–H groups in total. The Morgan fingerprint density at radius 2 is 1.60 bits per heavy atom. The summed E-state index contributed by atoms with van der Waals surface area (Å²) in [5.41, 5.74) is 9.75. The molecular formula is C24H24N4O2. The second-order valence-electron chi connectivity index (χ2n) is 7.47. The number of aromatic nitrogens is 3. The Hall–Kier alpha value is -3.67. The van der Waals surface area contributed by atoms with Crippen molar-refractivity contribution in [2.75, 3.05) is 5.73 Å². The summed E-state index contributed by atoms with van der Waals surface area (Å²) in [5, 5.41) is 7.66. The van der Waals surface area contributed by atoms with Crippen molar-refractivity contribution in [2.45, 2.75) is 26.4 Å². The Labute approximate surface area is 175 Å². The van der Waals surface area contributed by atoms with Crippen LogP contribution in [0.15, 0.2) is 77.3 Å². The van der Waals surface area contributed by atoms with Crippen LogP contribution in [-0.2, 0) is 6.61 Å². The molecule has 0 saturated carbocycles. The third kappa shape index (κ3) is 4.49. The van der Waals surface area contributed by atoms with Gasteiger partial charge < -0.3 is 14.9 Å². The zero-order valence-electron chi connectivity index (χ0n) is 17.0. The summed E-state index contributed by atoms with van der Waals surface area (Å²) in [6.45, 7) is 4.90. The lowest BCUT2D eigenvalue weighted by Crippen LogP contribution is -2.08. The first kappa shape index (κ1) is 19.6. The molecule has 0 bridgehead atoms. The van der Waals surface area contributed by atoms with Crippen molar-refractivity contribution in [3.63, 3.8) is 0 Å². The summed E-state index contributed by atoms with van der Waals surface area (Å²) < 4.78 is 11.2. The number of hydrogen-bond donors (Lipinski definition) is 1. The third-order valence-electron chi connectivity index (χ3n) is 4.98. The monoisotopic (exact) mass is 400 g/mol. The maximum absolute atomic E-state index is 5.86. The van der Waals surface area contributed by atoms with E-state index in [1.165, 1.54) is 11.1 Å². The summed E-state index contributed by atoms with van der Waals surface area (Å²) in [6, 6.07) is 22.4. The van der Waals surface area contributed by atoms with Crippen molar-refractivity contribution in [1.29, 1.82) is 0 Å². The Morgan fingerprint density at radius 3 is 2.17 bits per heavy atom. The number of anilines is 1. The van der Waals surface area contributed by atoms with E-state index in [4.69, 9.17) is 14.9 Å². The van der Waals surface area contributed by atoms with Crippen LogP contribution in [0.5, 0.6) is 5.75 Å². The van der Waals surface area contributed by atoms with Gasteiger partial charge in [-0.3, -0.25) is 4.98 Å². The fourth-order valence-corrected chi connectivity index (χ4v) is 3.56. The fourth-order valence-electron chi connectivity index (χ4n) is 3.56. The minimum atomic E-state index is 0.0690. The van der Waals surface area contributed by atoms with E-state index in [-0.39, 0.29) is 11.9 Å². The van der Waals surface area contributed by atoms with Crippen LogP contribution in [0.2, 0.25) is 0 Å². The predicted octanol–water partition coefficient (Wildman–Crippen LogP) is 5.08. The molecule has 2 aromatic carbocycles. The fraction of sp³-hybridized carbons (Fsp3) is 0.208. The van der Waals surface area contributed by atoms with Gasteiger partial charge >= 0.3 is 6.01 Å². The largest absolute Gasteiger partial charge is 0.487 e. The van der Waals surface area contributed by atoms with Crippen LogP contribution in [0.25, 0.3) is 11.5 Å². The van der Waals surface area contributed by atoms with Gasteiger partial charge in [0, 0.05) is 17.7 Å². The molecule has 152 valence electrons. The van der Waals surface area contributed by atoms with Crippen LogP contribution in [0.4, 0.5) is 6.01 Å². The molecule has 4 rings (SSSR count). The topological polar surface area (TPSA) is 87.1 Å². The highest BCUT2D eigenvalue weighted by Crippen LogP contribution is 2.34. The van der Waals surface area contributed by atoms with Gasteiger partial charge in [0.15, 0.2) is 0 Å². The summed E-state index contributed by atoms with van der Waals surface area (Å²) in [5.74, 6) is 1.94. The number of benzene rings is 2. The summed E-state index contributed by atoms with van der Waals surface area (Å²) >= 11 is 0. The van der Waals surface area contributed by atoms with Crippen molar-refractivity contribution < 1.29 is 9.15 Å². The van der Waals surface area contributed by atoms with Crippen molar-refractivity contribution in [2.24, 2.45) is 5.92 Å². The maximum Gasteiger partial charge on any atom is 0.313 e. The minimum absolute atomic E-state index is 0.0690. The van der Waals surface area contributed by atoms with Crippen molar-refractivity contribution in [3.05, 3.63) is 89.7 Å². The molecule has 2 heterocycles. The summed E-state index contributed by atoms with van der Waals surface area (Å²) in [4.78, 5) is 4.29. The Balaban J connectivity index is 1.50. The number of rotatable bonds is 7. The first-order chi connectivity index (χ1) is 14.6. The van der Waals surface area contributed by atoms with Crippen LogP contribution in [0.1, 0.15) is 36.6 Å². The highest BCUT2D eigenvalue weighted by molar-refractivity contribution is 5.54. The molecule has 4 aromatic rings. The van der Waals surface area contributed by atoms with E-state index < -0.39 is 0 Å². The number of ether oxygens (including phenoxy) is 1. The first-order valence-corrected chi connectivity index (χ1v) is 9.92. The Kier molecular flexibility index (Phi) is 5.75. The lowest BCUT2D eigenvalue weighted by molar-refractivity contribution is 0.301. The van der Waals surface area contributed by atoms with Crippen molar-refractivity contribution in [1.82, 2.24) is 15.2 Å². The summed E-state index contributed by atoms with van der Waals surface area (Å²) in [7, 11) is 0. The molecule has 1 unspecified atom stereocenters. The minimum Gasteiger partial charge on any atom is -0.487 e. The van der Waals surface area contributed by atoms with Gasteiger partial charge in [0.2, 0.25) is 5.89 Å². The lowest BCUT2D eigenvalue weighted by atomic mass is 9.82. The van der Waals surface area contributed by atoms with Crippen molar-refractivity contribution >= 4 is 6.01 Å². The number of pyridine rings is 1. The number of nitrogens with zero attached hydrogens (tertiary/aromatic N) is 3. The van der Waals surface area contributed by atoms with Gasteiger partial charge in [0.25, 0.3) is 0 Å². The van der Waals surface area contributed by atoms with Crippen molar-refractivity contribution in [3.8, 4) is 17.2 Å². The molecule has 1 atom stereocenters. The molecule has 0 aliphatic heterocycles. The van der Waals surface area contributed by atoms with Crippen LogP contribution in [0.3, 0.4) is 0 Å². The van der Waals surface area contributed by atoms with Crippen LogP contribution < -0.4 is 10.5 Å². The normalized spacial score (nSPS) is 12.1. The molecule has 0 saturated heterocycles. The van der Waals surface area contributed by atoms with Gasteiger partial charge in [-0.15, -0.1) is 5.10 Å². The zero-order valence-corrected chi connectivity index (χ0v) is 17.0. The van der Waals surface area contributed by atoms with Gasteiger partial charge in [-0.05, 0) is 53.4 Å². The molecule has 0 aliphatic rings. The quantitative estimate of drug-likeness (QED) is 0.465. The second kappa shape index (κ2) is 8.78. The van der Waals surface area contributed by atoms with Gasteiger partial charge in [-0.1, -0.05) is 49.3 Å². The molecule has 0 spiro atoms. The van der Waals surface area contributed by atoms with E-state index in [9.17, 15) is 0 Å². The van der Waals surface area contributed by atoms with E-state index in [1.807, 2.05) is 42.5 Å².